The maximum absolute atomic E-state index is 12.5. The lowest BCUT2D eigenvalue weighted by molar-refractivity contribution is -0.384. The number of nitro groups is 1. The number of carbonyl (C=O) groups is 2. The van der Waals surface area contributed by atoms with Gasteiger partial charge in [-0.25, -0.2) is 9.59 Å². The quantitative estimate of drug-likeness (QED) is 0.514. The first kappa shape index (κ1) is 23.4. The van der Waals surface area contributed by atoms with E-state index in [2.05, 4.69) is 10.6 Å². The minimum Gasteiger partial charge on any atom is -0.444 e. The molecule has 9 heteroatoms. The Balaban J connectivity index is 2.03. The Morgan fingerprint density at radius 3 is 2.20 bits per heavy atom. The van der Waals surface area contributed by atoms with E-state index in [-0.39, 0.29) is 29.4 Å². The molecule has 166 valence electrons. The summed E-state index contributed by atoms with van der Waals surface area (Å²) in [5, 5.41) is 16.4. The maximum Gasteiger partial charge on any atom is 0.412 e. The molecule has 0 bridgehead atoms. The third-order valence-corrected chi connectivity index (χ3v) is 4.98. The summed E-state index contributed by atoms with van der Waals surface area (Å²) in [7, 11) is 0. The molecule has 0 radical (unpaired) electrons. The SMILES string of the molecule is C[C@H](NC(=O)OC(C)(C)C)[C@@H](NC(=O)Oc1ccc([N+](=O)[O-])cc1)C1CCCCC1. The molecule has 30 heavy (non-hydrogen) atoms. The molecule has 1 aromatic carbocycles. The minimum atomic E-state index is -0.669. The Morgan fingerprint density at radius 1 is 1.07 bits per heavy atom. The number of nitrogens with one attached hydrogen (secondary N) is 2. The summed E-state index contributed by atoms with van der Waals surface area (Å²) in [6.45, 7) is 7.19. The molecule has 1 saturated carbocycles. The van der Waals surface area contributed by atoms with Crippen LogP contribution in [0.15, 0.2) is 24.3 Å². The second kappa shape index (κ2) is 10.3. The molecule has 0 aliphatic heterocycles. The number of non-ortho nitro benzene ring substituents is 1. The number of benzene rings is 1. The van der Waals surface area contributed by atoms with E-state index in [9.17, 15) is 19.7 Å². The molecule has 2 amide bonds. The fourth-order valence-electron chi connectivity index (χ4n) is 3.64. The van der Waals surface area contributed by atoms with Gasteiger partial charge < -0.3 is 20.1 Å². The van der Waals surface area contributed by atoms with Crippen molar-refractivity contribution in [3.05, 3.63) is 34.4 Å². The smallest absolute Gasteiger partial charge is 0.412 e. The summed E-state index contributed by atoms with van der Waals surface area (Å²) in [6, 6.07) is 4.59. The van der Waals surface area contributed by atoms with Crippen molar-refractivity contribution in [3.8, 4) is 5.75 Å². The van der Waals surface area contributed by atoms with E-state index in [4.69, 9.17) is 9.47 Å². The highest BCUT2D eigenvalue weighted by atomic mass is 16.6. The van der Waals surface area contributed by atoms with Crippen molar-refractivity contribution in [1.29, 1.82) is 0 Å². The zero-order valence-electron chi connectivity index (χ0n) is 18.0. The molecule has 0 heterocycles. The largest absolute Gasteiger partial charge is 0.444 e. The first-order valence-electron chi connectivity index (χ1n) is 10.3. The molecule has 0 spiro atoms. The molecular formula is C21H31N3O6. The zero-order valence-corrected chi connectivity index (χ0v) is 18.0. The van der Waals surface area contributed by atoms with E-state index in [0.717, 1.165) is 32.1 Å². The normalized spacial score (nSPS) is 16.8. The topological polar surface area (TPSA) is 120 Å². The van der Waals surface area contributed by atoms with Gasteiger partial charge in [0, 0.05) is 18.2 Å². The van der Waals surface area contributed by atoms with Gasteiger partial charge in [-0.3, -0.25) is 10.1 Å². The fourth-order valence-corrected chi connectivity index (χ4v) is 3.64. The predicted octanol–water partition coefficient (Wildman–Crippen LogP) is 4.55. The highest BCUT2D eigenvalue weighted by Gasteiger charge is 2.32. The molecule has 1 aliphatic rings. The Morgan fingerprint density at radius 2 is 1.67 bits per heavy atom. The highest BCUT2D eigenvalue weighted by molar-refractivity contribution is 5.71. The standard InChI is InChI=1S/C21H31N3O6/c1-14(22-20(26)30-21(2,3)4)18(15-8-6-5-7-9-15)23-19(25)29-17-12-10-16(11-13-17)24(27)28/h10-15,18H,5-9H2,1-4H3,(H,22,26)(H,23,25)/t14-,18+/m0/s1. The van der Waals surface area contributed by atoms with Crippen molar-refractivity contribution in [2.75, 3.05) is 0 Å². The fraction of sp³-hybridized carbons (Fsp3) is 0.619. The molecule has 2 N–H and O–H groups in total. The van der Waals surface area contributed by atoms with Gasteiger partial charge in [-0.05, 0) is 58.6 Å². The Bertz CT molecular complexity index is 738. The second-order valence-electron chi connectivity index (χ2n) is 8.64. The average molecular weight is 421 g/mol. The molecule has 1 aliphatic carbocycles. The molecule has 0 unspecified atom stereocenters. The number of ether oxygens (including phenoxy) is 2. The number of hydrogen-bond donors (Lipinski definition) is 2. The van der Waals surface area contributed by atoms with E-state index in [1.165, 1.54) is 24.3 Å². The summed E-state index contributed by atoms with van der Waals surface area (Å²) < 4.78 is 10.6. The summed E-state index contributed by atoms with van der Waals surface area (Å²) in [6.07, 6.45) is 3.98. The lowest BCUT2D eigenvalue weighted by atomic mass is 9.81. The molecular weight excluding hydrogens is 390 g/mol. The molecule has 1 aromatic rings. The summed E-state index contributed by atoms with van der Waals surface area (Å²) in [5.41, 5.74) is -0.704. The number of alkyl carbamates (subject to hydrolysis) is 1. The van der Waals surface area contributed by atoms with Crippen LogP contribution in [-0.4, -0.2) is 34.8 Å². The zero-order chi connectivity index (χ0) is 22.3. The van der Waals surface area contributed by atoms with E-state index in [1.54, 1.807) is 20.8 Å². The van der Waals surface area contributed by atoms with Gasteiger partial charge in [0.05, 0.1) is 11.0 Å². The van der Waals surface area contributed by atoms with Gasteiger partial charge in [0.2, 0.25) is 0 Å². The molecule has 2 rings (SSSR count). The second-order valence-corrected chi connectivity index (χ2v) is 8.64. The lowest BCUT2D eigenvalue weighted by Crippen LogP contribution is -2.55. The molecule has 9 nitrogen and oxygen atoms in total. The minimum absolute atomic E-state index is 0.0852. The third-order valence-electron chi connectivity index (χ3n) is 4.98. The number of carbonyl (C=O) groups excluding carboxylic acids is 2. The number of amides is 2. The van der Waals surface area contributed by atoms with Crippen LogP contribution >= 0.6 is 0 Å². The van der Waals surface area contributed by atoms with Gasteiger partial charge in [-0.1, -0.05) is 19.3 Å². The van der Waals surface area contributed by atoms with Crippen LogP contribution in [0.3, 0.4) is 0 Å². The van der Waals surface area contributed by atoms with Crippen LogP contribution < -0.4 is 15.4 Å². The molecule has 0 saturated heterocycles. The first-order valence-corrected chi connectivity index (χ1v) is 10.3. The number of nitro benzene ring substituents is 1. The van der Waals surface area contributed by atoms with Gasteiger partial charge in [0.25, 0.3) is 5.69 Å². The number of rotatable bonds is 6. The summed E-state index contributed by atoms with van der Waals surface area (Å²) in [4.78, 5) is 34.9. The Kier molecular flexibility index (Phi) is 8.02. The van der Waals surface area contributed by atoms with Crippen molar-refractivity contribution in [2.45, 2.75) is 77.5 Å². The van der Waals surface area contributed by atoms with Gasteiger partial charge in [0.1, 0.15) is 11.4 Å². The van der Waals surface area contributed by atoms with Crippen molar-refractivity contribution < 1.29 is 24.0 Å². The van der Waals surface area contributed by atoms with Crippen LogP contribution in [-0.2, 0) is 4.74 Å². The first-order chi connectivity index (χ1) is 14.0. The average Bonchev–Trinajstić information content (AvgIpc) is 2.65. The van der Waals surface area contributed by atoms with E-state index in [1.807, 2.05) is 6.92 Å². The van der Waals surface area contributed by atoms with Crippen LogP contribution in [0.2, 0.25) is 0 Å². The lowest BCUT2D eigenvalue weighted by Gasteiger charge is -2.35. The molecule has 1 fully saturated rings. The monoisotopic (exact) mass is 421 g/mol. The van der Waals surface area contributed by atoms with Crippen molar-refractivity contribution in [3.63, 3.8) is 0 Å². The predicted molar refractivity (Wildman–Crippen MR) is 111 cm³/mol. The third kappa shape index (κ3) is 7.53. The van der Waals surface area contributed by atoms with Gasteiger partial charge in [-0.15, -0.1) is 0 Å². The van der Waals surface area contributed by atoms with Crippen LogP contribution in [0.25, 0.3) is 0 Å². The van der Waals surface area contributed by atoms with Crippen molar-refractivity contribution in [1.82, 2.24) is 10.6 Å². The van der Waals surface area contributed by atoms with Crippen molar-refractivity contribution in [2.24, 2.45) is 5.92 Å². The summed E-state index contributed by atoms with van der Waals surface area (Å²) in [5.74, 6) is 0.404. The number of hydrogen-bond acceptors (Lipinski definition) is 6. The maximum atomic E-state index is 12.5. The van der Waals surface area contributed by atoms with Crippen LogP contribution in [0, 0.1) is 16.0 Å². The van der Waals surface area contributed by atoms with E-state index >= 15 is 0 Å². The van der Waals surface area contributed by atoms with Gasteiger partial charge >= 0.3 is 12.2 Å². The van der Waals surface area contributed by atoms with Gasteiger partial charge in [-0.2, -0.15) is 0 Å². The van der Waals surface area contributed by atoms with Crippen LogP contribution in [0.5, 0.6) is 5.75 Å². The number of nitrogens with zero attached hydrogens (tertiary/aromatic N) is 1. The summed E-state index contributed by atoms with van der Waals surface area (Å²) >= 11 is 0. The Labute approximate surface area is 176 Å². The van der Waals surface area contributed by atoms with Crippen LogP contribution in [0.4, 0.5) is 15.3 Å². The highest BCUT2D eigenvalue weighted by Crippen LogP contribution is 2.28. The van der Waals surface area contributed by atoms with Crippen LogP contribution in [0.1, 0.15) is 59.8 Å². The van der Waals surface area contributed by atoms with Gasteiger partial charge in [0.15, 0.2) is 0 Å². The molecule has 0 aromatic heterocycles. The Hall–Kier alpha value is -2.84. The molecule has 2 atom stereocenters. The van der Waals surface area contributed by atoms with Crippen molar-refractivity contribution >= 4 is 17.9 Å². The van der Waals surface area contributed by atoms with E-state index < -0.39 is 22.7 Å². The van der Waals surface area contributed by atoms with E-state index in [0.29, 0.717) is 0 Å².